The molecular weight excluding hydrogens is 835 g/mol. The third kappa shape index (κ3) is 14.3. The minimum Gasteiger partial charge on any atom is -0.480 e. The molecule has 0 radical (unpaired) electrons. The van der Waals surface area contributed by atoms with Crippen LogP contribution in [0.5, 0.6) is 0 Å². The van der Waals surface area contributed by atoms with E-state index in [4.69, 9.17) is 9.47 Å². The van der Waals surface area contributed by atoms with E-state index < -0.39 is 59.6 Å². The van der Waals surface area contributed by atoms with Crippen molar-refractivity contribution in [3.8, 4) is 0 Å². The molecule has 362 valence electrons. The van der Waals surface area contributed by atoms with Gasteiger partial charge in [0.25, 0.3) is 11.8 Å². The number of nitrogens with zero attached hydrogens (tertiary/aromatic N) is 4. The number of ether oxygens (including phenoxy) is 2. The number of carboxylic acids is 1. The number of hydrogen-bond acceptors (Lipinski definition) is 10. The predicted molar refractivity (Wildman–Crippen MR) is 245 cm³/mol. The standard InChI is InChI=1S/C49H75N5O11/c1-12-32(4)44(51(8)47(61)35(31(2)3)29-39(55)49(6,7)52(9)40(56)23-17-14-18-26-54-41(57)24-25-42(54)58)38(64-10)30-43(59)53-27-19-22-37(53)45(65-11)33(5)46(60)50-36(48(62)63)28-34-20-15-13-16-21-34/h13,15-16,20-21,24-25,31-33,35-38,44-45H,12,14,17-19,22-23,26-30H2,1-11H3,(H,50,60)(H,62,63)/t32-,33+,35-,36-,37-,38+,44-,45+/m0/s1. The minimum atomic E-state index is -1.22. The van der Waals surface area contributed by atoms with Gasteiger partial charge in [-0.2, -0.15) is 0 Å². The highest BCUT2D eigenvalue weighted by atomic mass is 16.5. The first-order valence-electron chi connectivity index (χ1n) is 23.1. The maximum Gasteiger partial charge on any atom is 0.326 e. The Hall–Kier alpha value is -4.96. The Kier molecular flexibility index (Phi) is 21.0. The summed E-state index contributed by atoms with van der Waals surface area (Å²) in [5, 5.41) is 12.6. The molecule has 0 bridgehead atoms. The number of methoxy groups -OCH3 is 2. The number of rotatable bonds is 27. The fourth-order valence-corrected chi connectivity index (χ4v) is 9.02. The molecule has 8 atom stereocenters. The first kappa shape index (κ1) is 54.4. The molecule has 3 rings (SSSR count). The van der Waals surface area contributed by atoms with Gasteiger partial charge in [-0.15, -0.1) is 0 Å². The van der Waals surface area contributed by atoms with Gasteiger partial charge in [-0.1, -0.05) is 77.8 Å². The van der Waals surface area contributed by atoms with Crippen LogP contribution in [0.2, 0.25) is 0 Å². The zero-order valence-electron chi connectivity index (χ0n) is 40.5. The van der Waals surface area contributed by atoms with Crippen LogP contribution in [-0.4, -0.2) is 149 Å². The lowest BCUT2D eigenvalue weighted by Gasteiger charge is -2.41. The maximum absolute atomic E-state index is 14.6. The molecule has 1 fully saturated rings. The third-order valence-corrected chi connectivity index (χ3v) is 13.8. The molecule has 2 heterocycles. The Morgan fingerprint density at radius 2 is 1.54 bits per heavy atom. The van der Waals surface area contributed by atoms with Crippen LogP contribution in [0.4, 0.5) is 0 Å². The van der Waals surface area contributed by atoms with Crippen molar-refractivity contribution in [1.29, 1.82) is 0 Å². The van der Waals surface area contributed by atoms with Crippen LogP contribution in [0.25, 0.3) is 0 Å². The van der Waals surface area contributed by atoms with Gasteiger partial charge >= 0.3 is 5.97 Å². The number of carbonyl (C=O) groups is 8. The van der Waals surface area contributed by atoms with Crippen LogP contribution >= 0.6 is 0 Å². The second-order valence-corrected chi connectivity index (χ2v) is 18.6. The van der Waals surface area contributed by atoms with Crippen molar-refractivity contribution < 1.29 is 52.9 Å². The van der Waals surface area contributed by atoms with Crippen molar-refractivity contribution in [3.05, 3.63) is 48.0 Å². The van der Waals surface area contributed by atoms with Crippen LogP contribution in [-0.2, 0) is 54.3 Å². The topological polar surface area (TPSA) is 200 Å². The van der Waals surface area contributed by atoms with Crippen LogP contribution in [0.15, 0.2) is 42.5 Å². The van der Waals surface area contributed by atoms with E-state index in [9.17, 15) is 43.5 Å². The second kappa shape index (κ2) is 25.1. The van der Waals surface area contributed by atoms with E-state index >= 15 is 0 Å². The first-order valence-corrected chi connectivity index (χ1v) is 23.1. The molecular formula is C49H75N5O11. The molecule has 16 heteroatoms. The number of carboxylic acid groups (broad SMARTS) is 1. The fourth-order valence-electron chi connectivity index (χ4n) is 9.02. The Labute approximate surface area is 385 Å². The van der Waals surface area contributed by atoms with Crippen LogP contribution < -0.4 is 5.32 Å². The lowest BCUT2D eigenvalue weighted by Crippen LogP contribution is -2.55. The smallest absolute Gasteiger partial charge is 0.326 e. The molecule has 2 N–H and O–H groups in total. The Morgan fingerprint density at radius 1 is 0.908 bits per heavy atom. The predicted octanol–water partition coefficient (Wildman–Crippen LogP) is 4.67. The second-order valence-electron chi connectivity index (χ2n) is 18.6. The highest BCUT2D eigenvalue weighted by Gasteiger charge is 2.44. The highest BCUT2D eigenvalue weighted by molar-refractivity contribution is 6.12. The first-order chi connectivity index (χ1) is 30.6. The lowest BCUT2D eigenvalue weighted by molar-refractivity contribution is -0.150. The molecule has 6 amide bonds. The fraction of sp³-hybridized carbons (Fsp3) is 0.673. The van der Waals surface area contributed by atoms with Crippen molar-refractivity contribution in [2.75, 3.05) is 41.4 Å². The van der Waals surface area contributed by atoms with Gasteiger partial charge in [-0.25, -0.2) is 4.79 Å². The average molecular weight is 910 g/mol. The number of aliphatic carboxylic acids is 1. The number of ketones is 1. The van der Waals surface area contributed by atoms with Crippen molar-refractivity contribution in [3.63, 3.8) is 0 Å². The Morgan fingerprint density at radius 3 is 2.09 bits per heavy atom. The molecule has 1 aromatic rings. The summed E-state index contributed by atoms with van der Waals surface area (Å²) in [7, 11) is 6.26. The number of likely N-dealkylation sites (tertiary alicyclic amines) is 1. The summed E-state index contributed by atoms with van der Waals surface area (Å²) in [5.74, 6) is -5.20. The summed E-state index contributed by atoms with van der Waals surface area (Å²) in [4.78, 5) is 112. The Balaban J connectivity index is 1.69. The molecule has 1 saturated heterocycles. The summed E-state index contributed by atoms with van der Waals surface area (Å²) in [5.41, 5.74) is -0.452. The van der Waals surface area contributed by atoms with Gasteiger partial charge in [0, 0.05) is 78.7 Å². The quantitative estimate of drug-likeness (QED) is 0.0919. The van der Waals surface area contributed by atoms with Gasteiger partial charge in [0.1, 0.15) is 6.04 Å². The SMILES string of the molecule is CC[C@H](C)[C@@H]([C@@H](CC(=O)N1CCC[C@H]1[C@H](OC)[C@@H](C)C(=O)N[C@@H](Cc1ccccc1)C(=O)O)OC)N(C)C(=O)[C@@H](CC(=O)C(C)(C)N(C)C(=O)CCCCCN1C(=O)C=CC1=O)C(C)C. The molecule has 0 saturated carbocycles. The summed E-state index contributed by atoms with van der Waals surface area (Å²) in [6.07, 6.45) is 4.74. The number of benzene rings is 1. The molecule has 0 unspecified atom stereocenters. The van der Waals surface area contributed by atoms with Crippen LogP contribution in [0.1, 0.15) is 112 Å². The molecule has 2 aliphatic heterocycles. The number of amides is 6. The molecule has 1 aromatic carbocycles. The van der Waals surface area contributed by atoms with Gasteiger partial charge in [0.15, 0.2) is 5.78 Å². The molecule has 0 aliphatic carbocycles. The zero-order chi connectivity index (χ0) is 48.8. The van der Waals surface area contributed by atoms with Gasteiger partial charge in [-0.05, 0) is 56.9 Å². The van der Waals surface area contributed by atoms with Gasteiger partial charge in [0.2, 0.25) is 23.6 Å². The highest BCUT2D eigenvalue weighted by Crippen LogP contribution is 2.32. The van der Waals surface area contributed by atoms with E-state index in [1.807, 2.05) is 33.8 Å². The van der Waals surface area contributed by atoms with Gasteiger partial charge < -0.3 is 34.6 Å². The summed E-state index contributed by atoms with van der Waals surface area (Å²) in [6, 6.07) is 6.87. The number of likely N-dealkylation sites (N-methyl/N-ethyl adjacent to an activating group) is 2. The number of carbonyl (C=O) groups excluding carboxylic acids is 7. The van der Waals surface area contributed by atoms with E-state index in [0.29, 0.717) is 45.1 Å². The van der Waals surface area contributed by atoms with Crippen LogP contribution in [0.3, 0.4) is 0 Å². The monoisotopic (exact) mass is 910 g/mol. The minimum absolute atomic E-state index is 0.0638. The van der Waals surface area contributed by atoms with E-state index in [1.165, 1.54) is 36.2 Å². The normalized spacial score (nSPS) is 18.5. The summed E-state index contributed by atoms with van der Waals surface area (Å²) in [6.45, 7) is 13.5. The van der Waals surface area contributed by atoms with E-state index in [0.717, 1.165) is 5.56 Å². The number of nitrogens with one attached hydrogen (secondary N) is 1. The average Bonchev–Trinajstić information content (AvgIpc) is 3.89. The van der Waals surface area contributed by atoms with Gasteiger partial charge in [0.05, 0.1) is 42.2 Å². The molecule has 2 aliphatic rings. The molecule has 0 aromatic heterocycles. The number of hydrogen-bond donors (Lipinski definition) is 2. The lowest BCUT2D eigenvalue weighted by atomic mass is 9.82. The van der Waals surface area contributed by atoms with E-state index in [1.54, 1.807) is 68.9 Å². The van der Waals surface area contributed by atoms with Crippen molar-refractivity contribution in [2.24, 2.45) is 23.7 Å². The third-order valence-electron chi connectivity index (χ3n) is 13.8. The van der Waals surface area contributed by atoms with E-state index in [2.05, 4.69) is 5.32 Å². The van der Waals surface area contributed by atoms with Crippen LogP contribution in [0, 0.1) is 23.7 Å². The number of unbranched alkanes of at least 4 members (excludes halogenated alkanes) is 2. The van der Waals surface area contributed by atoms with Crippen molar-refractivity contribution >= 4 is 47.2 Å². The van der Waals surface area contributed by atoms with E-state index in [-0.39, 0.29) is 79.4 Å². The Bertz CT molecular complexity index is 1830. The molecule has 65 heavy (non-hydrogen) atoms. The zero-order valence-corrected chi connectivity index (χ0v) is 40.5. The maximum atomic E-state index is 14.6. The molecule has 0 spiro atoms. The largest absolute Gasteiger partial charge is 0.480 e. The van der Waals surface area contributed by atoms with Crippen molar-refractivity contribution in [2.45, 2.75) is 149 Å². The molecule has 16 nitrogen and oxygen atoms in total. The summed E-state index contributed by atoms with van der Waals surface area (Å²) >= 11 is 0. The number of Topliss-reactive ketones (excluding diaryl/α,β-unsaturated/α-hetero) is 1. The summed E-state index contributed by atoms with van der Waals surface area (Å²) < 4.78 is 11.9. The van der Waals surface area contributed by atoms with Crippen molar-refractivity contribution in [1.82, 2.24) is 24.9 Å². The van der Waals surface area contributed by atoms with Gasteiger partial charge in [-0.3, -0.25) is 38.5 Å². The number of imide groups is 1.